The number of carbonyl (C=O) groups is 1. The number of carbonyl (C=O) groups excluding carboxylic acids is 1. The lowest BCUT2D eigenvalue weighted by Gasteiger charge is -2.13. The van der Waals surface area contributed by atoms with E-state index in [9.17, 15) is 9.59 Å². The number of hydrogen-bond acceptors (Lipinski definition) is 7. The van der Waals surface area contributed by atoms with Gasteiger partial charge in [0, 0.05) is 17.3 Å². The van der Waals surface area contributed by atoms with E-state index in [4.69, 9.17) is 9.47 Å². The van der Waals surface area contributed by atoms with Gasteiger partial charge in [0.15, 0.2) is 11.5 Å². The van der Waals surface area contributed by atoms with Gasteiger partial charge in [0.2, 0.25) is 5.95 Å². The predicted molar refractivity (Wildman–Crippen MR) is 127 cm³/mol. The molecule has 1 aromatic carbocycles. The number of anilines is 1. The third-order valence-corrected chi connectivity index (χ3v) is 6.03. The van der Waals surface area contributed by atoms with Crippen molar-refractivity contribution in [3.8, 4) is 28.0 Å². The number of benzene rings is 1. The number of ether oxygens (including phenoxy) is 2. The molecule has 3 aromatic heterocycles. The van der Waals surface area contributed by atoms with E-state index in [0.29, 0.717) is 46.3 Å². The number of nitrogens with zero attached hydrogens (tertiary/aromatic N) is 3. The Morgan fingerprint density at radius 2 is 2.03 bits per heavy atom. The van der Waals surface area contributed by atoms with E-state index in [1.807, 2.05) is 24.4 Å². The van der Waals surface area contributed by atoms with E-state index in [1.54, 1.807) is 31.2 Å². The van der Waals surface area contributed by atoms with Gasteiger partial charge in [-0.3, -0.25) is 14.6 Å². The Hall–Kier alpha value is -3.92. The lowest BCUT2D eigenvalue weighted by molar-refractivity contribution is 0.102. The van der Waals surface area contributed by atoms with Crippen LogP contribution >= 0.6 is 11.3 Å². The summed E-state index contributed by atoms with van der Waals surface area (Å²) in [5.74, 6) is 0.894. The fraction of sp³-hybridized carbons (Fsp3) is 0.217. The van der Waals surface area contributed by atoms with Gasteiger partial charge in [-0.15, -0.1) is 11.3 Å². The molecule has 0 aliphatic carbocycles. The number of para-hydroxylation sites is 1. The van der Waals surface area contributed by atoms with E-state index in [2.05, 4.69) is 20.4 Å². The van der Waals surface area contributed by atoms with E-state index in [1.165, 1.54) is 30.2 Å². The van der Waals surface area contributed by atoms with Crippen molar-refractivity contribution in [3.63, 3.8) is 0 Å². The van der Waals surface area contributed by atoms with Crippen LogP contribution in [0.25, 0.3) is 16.5 Å². The normalized spacial score (nSPS) is 10.8. The van der Waals surface area contributed by atoms with Crippen LogP contribution in [0.4, 0.5) is 5.82 Å². The SMILES string of the molecule is CCc1c(C)nc(-n2nc(-c3cccs3)cc2NC(=O)c2cccc(OC)c2OC)[nH]c1=O. The summed E-state index contributed by atoms with van der Waals surface area (Å²) in [6.07, 6.45) is 0.563. The third kappa shape index (κ3) is 4.24. The van der Waals surface area contributed by atoms with Crippen molar-refractivity contribution in [3.05, 3.63) is 69.0 Å². The zero-order valence-corrected chi connectivity index (χ0v) is 19.4. The molecule has 0 aliphatic rings. The molecule has 1 amide bonds. The summed E-state index contributed by atoms with van der Waals surface area (Å²) in [6, 6.07) is 10.6. The molecule has 0 atom stereocenters. The highest BCUT2D eigenvalue weighted by molar-refractivity contribution is 7.13. The number of aryl methyl sites for hydroxylation is 1. The molecule has 0 radical (unpaired) electrons. The molecule has 10 heteroatoms. The largest absolute Gasteiger partial charge is 0.493 e. The Balaban J connectivity index is 1.80. The second-order valence-electron chi connectivity index (χ2n) is 7.11. The molecule has 0 spiro atoms. The number of amides is 1. The molecule has 9 nitrogen and oxygen atoms in total. The number of aromatic amines is 1. The quantitative estimate of drug-likeness (QED) is 0.429. The first-order valence-corrected chi connectivity index (χ1v) is 11.1. The molecule has 4 rings (SSSR count). The molecule has 0 bridgehead atoms. The standard InChI is InChI=1S/C23H23N5O4S/c1-5-14-13(2)24-23(26-21(14)29)28-19(12-16(27-28)18-10-7-11-33-18)25-22(30)15-8-6-9-17(31-3)20(15)32-4/h6-12H,5H2,1-4H3,(H,25,30)(H,24,26,29). The van der Waals surface area contributed by atoms with Gasteiger partial charge in [0.25, 0.3) is 11.5 Å². The smallest absolute Gasteiger partial charge is 0.260 e. The monoisotopic (exact) mass is 465 g/mol. The maximum absolute atomic E-state index is 13.2. The summed E-state index contributed by atoms with van der Waals surface area (Å²) >= 11 is 1.51. The van der Waals surface area contributed by atoms with Gasteiger partial charge in [0.1, 0.15) is 11.5 Å². The van der Waals surface area contributed by atoms with Gasteiger partial charge in [-0.25, -0.2) is 4.98 Å². The minimum atomic E-state index is -0.422. The molecule has 0 saturated carbocycles. The van der Waals surface area contributed by atoms with Crippen molar-refractivity contribution in [1.29, 1.82) is 0 Å². The molecule has 2 N–H and O–H groups in total. The van der Waals surface area contributed by atoms with Gasteiger partial charge in [-0.1, -0.05) is 19.1 Å². The predicted octanol–water partition coefficient (Wildman–Crippen LogP) is 3.82. The van der Waals surface area contributed by atoms with Crippen molar-refractivity contribution < 1.29 is 14.3 Å². The molecule has 4 aromatic rings. The second kappa shape index (κ2) is 9.29. The summed E-state index contributed by atoms with van der Waals surface area (Å²) in [6.45, 7) is 3.68. The van der Waals surface area contributed by atoms with Crippen LogP contribution in [-0.2, 0) is 6.42 Å². The lowest BCUT2D eigenvalue weighted by atomic mass is 10.1. The number of hydrogen-bond donors (Lipinski definition) is 2. The van der Waals surface area contributed by atoms with Gasteiger partial charge in [0.05, 0.1) is 24.7 Å². The molecule has 3 heterocycles. The van der Waals surface area contributed by atoms with E-state index >= 15 is 0 Å². The molecule has 170 valence electrons. The number of rotatable bonds is 7. The fourth-order valence-electron chi connectivity index (χ4n) is 3.54. The topological polar surface area (TPSA) is 111 Å². The van der Waals surface area contributed by atoms with Gasteiger partial charge in [-0.2, -0.15) is 9.78 Å². The Kier molecular flexibility index (Phi) is 6.27. The van der Waals surface area contributed by atoms with Crippen LogP contribution < -0.4 is 20.3 Å². The Labute approximate surface area is 194 Å². The van der Waals surface area contributed by atoms with E-state index < -0.39 is 5.91 Å². The Morgan fingerprint density at radius 1 is 1.21 bits per heavy atom. The summed E-state index contributed by atoms with van der Waals surface area (Å²) in [5, 5.41) is 9.42. The van der Waals surface area contributed by atoms with Crippen LogP contribution in [0.5, 0.6) is 11.5 Å². The first kappa shape index (κ1) is 22.3. The number of H-pyrrole nitrogens is 1. The van der Waals surface area contributed by atoms with Gasteiger partial charge in [-0.05, 0) is 36.9 Å². The third-order valence-electron chi connectivity index (χ3n) is 5.14. The molecular formula is C23H23N5O4S. The number of thiophene rings is 1. The van der Waals surface area contributed by atoms with Gasteiger partial charge < -0.3 is 14.8 Å². The maximum Gasteiger partial charge on any atom is 0.260 e. The molecule has 0 fully saturated rings. The maximum atomic E-state index is 13.2. The minimum absolute atomic E-state index is 0.213. The highest BCUT2D eigenvalue weighted by atomic mass is 32.1. The van der Waals surface area contributed by atoms with E-state index in [-0.39, 0.29) is 11.5 Å². The van der Waals surface area contributed by atoms with Crippen molar-refractivity contribution in [2.75, 3.05) is 19.5 Å². The van der Waals surface area contributed by atoms with Crippen LogP contribution in [0, 0.1) is 6.92 Å². The second-order valence-corrected chi connectivity index (χ2v) is 8.05. The first-order chi connectivity index (χ1) is 16.0. The van der Waals surface area contributed by atoms with Crippen LogP contribution in [0.3, 0.4) is 0 Å². The molecule has 0 saturated heterocycles. The highest BCUT2D eigenvalue weighted by Crippen LogP contribution is 2.32. The van der Waals surface area contributed by atoms with Crippen molar-refractivity contribution >= 4 is 23.1 Å². The average Bonchev–Trinajstić information content (AvgIpc) is 3.48. The van der Waals surface area contributed by atoms with Crippen LogP contribution in [0.2, 0.25) is 0 Å². The summed E-state index contributed by atoms with van der Waals surface area (Å²) in [4.78, 5) is 34.0. The fourth-order valence-corrected chi connectivity index (χ4v) is 4.22. The van der Waals surface area contributed by atoms with Crippen LogP contribution in [0.15, 0.2) is 46.6 Å². The van der Waals surface area contributed by atoms with Crippen LogP contribution in [-0.4, -0.2) is 39.9 Å². The number of aromatic nitrogens is 4. The lowest BCUT2D eigenvalue weighted by Crippen LogP contribution is -2.22. The number of methoxy groups -OCH3 is 2. The molecule has 33 heavy (non-hydrogen) atoms. The zero-order chi connectivity index (χ0) is 23.5. The first-order valence-electron chi connectivity index (χ1n) is 10.2. The van der Waals surface area contributed by atoms with Crippen molar-refractivity contribution in [2.45, 2.75) is 20.3 Å². The molecule has 0 aliphatic heterocycles. The summed E-state index contributed by atoms with van der Waals surface area (Å²) in [7, 11) is 2.98. The average molecular weight is 466 g/mol. The van der Waals surface area contributed by atoms with Crippen LogP contribution in [0.1, 0.15) is 28.5 Å². The summed E-state index contributed by atoms with van der Waals surface area (Å²) < 4.78 is 12.1. The zero-order valence-electron chi connectivity index (χ0n) is 18.6. The van der Waals surface area contributed by atoms with E-state index in [0.717, 1.165) is 4.88 Å². The molecular weight excluding hydrogens is 442 g/mol. The Morgan fingerprint density at radius 3 is 2.67 bits per heavy atom. The number of nitrogens with one attached hydrogen (secondary N) is 2. The molecule has 0 unspecified atom stereocenters. The summed E-state index contributed by atoms with van der Waals surface area (Å²) in [5.41, 5.74) is 1.91. The highest BCUT2D eigenvalue weighted by Gasteiger charge is 2.21. The van der Waals surface area contributed by atoms with Crippen molar-refractivity contribution in [2.24, 2.45) is 0 Å². The van der Waals surface area contributed by atoms with Gasteiger partial charge >= 0.3 is 0 Å². The minimum Gasteiger partial charge on any atom is -0.493 e. The van der Waals surface area contributed by atoms with Crippen molar-refractivity contribution in [1.82, 2.24) is 19.7 Å². The Bertz CT molecular complexity index is 1360.